The quantitative estimate of drug-likeness (QED) is 0.235. The molecular formula is C29H26Cl2F3N3O3S. The van der Waals surface area contributed by atoms with Gasteiger partial charge in [-0.2, -0.15) is 17.5 Å². The van der Waals surface area contributed by atoms with Gasteiger partial charge in [0, 0.05) is 35.1 Å². The lowest BCUT2D eigenvalue weighted by Gasteiger charge is -2.33. The Morgan fingerprint density at radius 1 is 0.805 bits per heavy atom. The summed E-state index contributed by atoms with van der Waals surface area (Å²) in [6.07, 6.45) is 2.33. The molecule has 0 spiro atoms. The summed E-state index contributed by atoms with van der Waals surface area (Å²) in [6, 6.07) is 19.1. The first kappa shape index (κ1) is 28.5. The van der Waals surface area contributed by atoms with Crippen molar-refractivity contribution in [1.82, 2.24) is 13.9 Å². The van der Waals surface area contributed by atoms with Crippen LogP contribution >= 0.6 is 23.2 Å². The zero-order chi connectivity index (χ0) is 29.2. The Labute approximate surface area is 245 Å². The van der Waals surface area contributed by atoms with E-state index in [4.69, 9.17) is 28.2 Å². The maximum absolute atomic E-state index is 13.2. The minimum atomic E-state index is -5.39. The third-order valence-corrected chi connectivity index (χ3v) is 10.2. The number of imidazole rings is 1. The molecular weight excluding hydrogens is 598 g/mol. The summed E-state index contributed by atoms with van der Waals surface area (Å²) < 4.78 is 66.1. The summed E-state index contributed by atoms with van der Waals surface area (Å²) in [6.45, 7) is -0.481. The molecule has 1 N–H and O–H groups in total. The molecule has 41 heavy (non-hydrogen) atoms. The predicted octanol–water partition coefficient (Wildman–Crippen LogP) is 6.99. The molecule has 6 rings (SSSR count). The van der Waals surface area contributed by atoms with E-state index in [1.807, 2.05) is 18.2 Å². The molecule has 2 aliphatic rings. The van der Waals surface area contributed by atoms with Crippen LogP contribution in [0.25, 0.3) is 11.0 Å². The lowest BCUT2D eigenvalue weighted by atomic mass is 9.80. The van der Waals surface area contributed by atoms with Crippen LogP contribution < -0.4 is 0 Å². The molecule has 216 valence electrons. The normalized spacial score (nSPS) is 17.8. The number of hydrogen-bond donors (Lipinski definition) is 1. The monoisotopic (exact) mass is 623 g/mol. The number of benzene rings is 3. The second-order valence-corrected chi connectivity index (χ2v) is 13.4. The summed E-state index contributed by atoms with van der Waals surface area (Å²) in [7, 11) is -5.39. The van der Waals surface area contributed by atoms with Crippen molar-refractivity contribution in [1.29, 1.82) is 0 Å². The van der Waals surface area contributed by atoms with Crippen LogP contribution in [0.5, 0.6) is 0 Å². The van der Waals surface area contributed by atoms with Gasteiger partial charge >= 0.3 is 15.5 Å². The van der Waals surface area contributed by atoms with Gasteiger partial charge in [-0.25, -0.2) is 13.4 Å². The number of halogens is 5. The van der Waals surface area contributed by atoms with Crippen LogP contribution in [0.3, 0.4) is 0 Å². The van der Waals surface area contributed by atoms with Crippen LogP contribution in [0.2, 0.25) is 10.0 Å². The van der Waals surface area contributed by atoms with Crippen molar-refractivity contribution in [3.63, 3.8) is 0 Å². The number of aromatic nitrogens is 2. The van der Waals surface area contributed by atoms with Gasteiger partial charge in [0.2, 0.25) is 0 Å². The number of fused-ring (bicyclic) bond motifs is 1. The Hall–Kier alpha value is -2.63. The van der Waals surface area contributed by atoms with Crippen LogP contribution in [0.4, 0.5) is 13.2 Å². The molecule has 1 saturated heterocycles. The van der Waals surface area contributed by atoms with Crippen molar-refractivity contribution in [2.24, 2.45) is 0 Å². The van der Waals surface area contributed by atoms with Crippen LogP contribution in [0, 0.1) is 0 Å². The van der Waals surface area contributed by atoms with Crippen molar-refractivity contribution < 1.29 is 26.7 Å². The first-order chi connectivity index (χ1) is 19.4. The Morgan fingerprint density at radius 2 is 1.32 bits per heavy atom. The Kier molecular flexibility index (Phi) is 7.14. The minimum absolute atomic E-state index is 0.212. The third-order valence-electron chi connectivity index (χ3n) is 8.02. The molecule has 0 atom stereocenters. The maximum atomic E-state index is 13.2. The van der Waals surface area contributed by atoms with Crippen LogP contribution in [0.15, 0.2) is 66.7 Å². The Balaban J connectivity index is 1.45. The average Bonchev–Trinajstić information content (AvgIpc) is 3.72. The first-order valence-electron chi connectivity index (χ1n) is 13.2. The number of nitrogens with zero attached hydrogens (tertiary/aromatic N) is 3. The van der Waals surface area contributed by atoms with Crippen molar-refractivity contribution in [2.45, 2.75) is 48.8 Å². The number of hydrogen-bond acceptors (Lipinski definition) is 4. The highest BCUT2D eigenvalue weighted by Gasteiger charge is 2.50. The molecule has 1 aromatic heterocycles. The zero-order valence-electron chi connectivity index (χ0n) is 21.7. The largest absolute Gasteiger partial charge is 0.511 e. The predicted molar refractivity (Wildman–Crippen MR) is 152 cm³/mol. The zero-order valence-corrected chi connectivity index (χ0v) is 24.0. The van der Waals surface area contributed by atoms with Crippen molar-refractivity contribution in [3.05, 3.63) is 99.3 Å². The molecule has 1 saturated carbocycles. The van der Waals surface area contributed by atoms with E-state index >= 15 is 0 Å². The fourth-order valence-corrected chi connectivity index (χ4v) is 6.96. The first-order valence-corrected chi connectivity index (χ1v) is 15.4. The van der Waals surface area contributed by atoms with E-state index in [2.05, 4.69) is 4.57 Å². The van der Waals surface area contributed by atoms with E-state index in [1.165, 1.54) is 0 Å². The lowest BCUT2D eigenvalue weighted by molar-refractivity contribution is -0.0496. The van der Waals surface area contributed by atoms with Gasteiger partial charge in [-0.3, -0.25) is 0 Å². The molecule has 1 aliphatic carbocycles. The molecule has 1 aliphatic heterocycles. The smallest absolute Gasteiger partial charge is 0.376 e. The summed E-state index contributed by atoms with van der Waals surface area (Å²) in [5, 5.41) is 13.4. The number of piperidine rings is 1. The number of rotatable bonds is 6. The molecule has 0 amide bonds. The molecule has 0 unspecified atom stereocenters. The van der Waals surface area contributed by atoms with Gasteiger partial charge in [0.05, 0.1) is 11.0 Å². The van der Waals surface area contributed by atoms with E-state index in [0.29, 0.717) is 36.6 Å². The van der Waals surface area contributed by atoms with Crippen LogP contribution in [0.1, 0.15) is 60.2 Å². The number of alkyl halides is 3. The van der Waals surface area contributed by atoms with Gasteiger partial charge in [-0.15, -0.1) is 0 Å². The minimum Gasteiger partial charge on any atom is -0.376 e. The molecule has 4 aromatic rings. The molecule has 3 aromatic carbocycles. The molecule has 0 radical (unpaired) electrons. The van der Waals surface area contributed by atoms with Gasteiger partial charge in [-0.05, 0) is 78.8 Å². The van der Waals surface area contributed by atoms with E-state index < -0.39 is 21.1 Å². The van der Waals surface area contributed by atoms with Gasteiger partial charge in [0.15, 0.2) is 0 Å². The second kappa shape index (κ2) is 10.3. The van der Waals surface area contributed by atoms with E-state index in [1.54, 1.807) is 48.5 Å². The molecule has 2 fully saturated rings. The summed E-state index contributed by atoms with van der Waals surface area (Å²) in [4.78, 5) is 4.88. The van der Waals surface area contributed by atoms with E-state index in [0.717, 1.165) is 24.2 Å². The lowest BCUT2D eigenvalue weighted by Crippen LogP contribution is -2.45. The average molecular weight is 625 g/mol. The van der Waals surface area contributed by atoms with Gasteiger partial charge in [0.1, 0.15) is 11.4 Å². The van der Waals surface area contributed by atoms with E-state index in [-0.39, 0.29) is 37.9 Å². The summed E-state index contributed by atoms with van der Waals surface area (Å²) in [5.41, 5.74) is -3.73. The number of aliphatic hydroxyl groups is 1. The third kappa shape index (κ3) is 5.03. The molecule has 0 bridgehead atoms. The van der Waals surface area contributed by atoms with Crippen molar-refractivity contribution in [3.8, 4) is 0 Å². The fourth-order valence-electron chi connectivity index (χ4n) is 5.72. The number of sulfonamides is 1. The molecule has 12 heteroatoms. The SMILES string of the molecule is O=S(=O)(N1CCC(n2c(C3CC3)nc3ccc(C(O)(c4ccc(Cl)cc4)c4ccc(Cl)cc4)cc32)CC1)C(F)(F)F. The second-order valence-electron chi connectivity index (χ2n) is 10.6. The van der Waals surface area contributed by atoms with Gasteiger partial charge in [-0.1, -0.05) is 53.5 Å². The van der Waals surface area contributed by atoms with Crippen LogP contribution in [-0.2, 0) is 15.6 Å². The highest BCUT2D eigenvalue weighted by atomic mass is 35.5. The van der Waals surface area contributed by atoms with Gasteiger partial charge in [0.25, 0.3) is 0 Å². The fraction of sp³-hybridized carbons (Fsp3) is 0.345. The maximum Gasteiger partial charge on any atom is 0.511 e. The Morgan fingerprint density at radius 3 is 1.80 bits per heavy atom. The highest BCUT2D eigenvalue weighted by Crippen LogP contribution is 2.45. The summed E-state index contributed by atoms with van der Waals surface area (Å²) in [5.74, 6) is 1.07. The van der Waals surface area contributed by atoms with E-state index in [9.17, 15) is 26.7 Å². The highest BCUT2D eigenvalue weighted by molar-refractivity contribution is 7.90. The molecule has 2 heterocycles. The Bertz CT molecular complexity index is 1650. The van der Waals surface area contributed by atoms with Crippen molar-refractivity contribution in [2.75, 3.05) is 13.1 Å². The standard InChI is InChI=1S/C29H26Cl2F3N3O3S/c30-22-8-3-19(4-9-22)28(38,20-5-10-23(31)11-6-20)21-7-12-25-26(17-21)37(27(35-25)18-1-2-18)24-13-15-36(16-14-24)41(39,40)29(32,33)34/h3-12,17-18,24,38H,1-2,13-16H2. The van der Waals surface area contributed by atoms with Crippen molar-refractivity contribution >= 4 is 44.3 Å². The van der Waals surface area contributed by atoms with Gasteiger partial charge < -0.3 is 9.67 Å². The van der Waals surface area contributed by atoms with Crippen LogP contribution in [-0.4, -0.2) is 46.0 Å². The molecule has 6 nitrogen and oxygen atoms in total. The summed E-state index contributed by atoms with van der Waals surface area (Å²) >= 11 is 12.3. The topological polar surface area (TPSA) is 75.4 Å².